The van der Waals surface area contributed by atoms with Gasteiger partial charge in [-0.1, -0.05) is 34.6 Å². The van der Waals surface area contributed by atoms with Gasteiger partial charge in [0, 0.05) is 12.1 Å². The molecule has 0 amide bonds. The Kier molecular flexibility index (Phi) is 5.14. The minimum Gasteiger partial charge on any atom is -0.298 e. The van der Waals surface area contributed by atoms with Crippen LogP contribution < -0.4 is 0 Å². The molecule has 0 aromatic heterocycles. The Labute approximate surface area is 90.9 Å². The van der Waals surface area contributed by atoms with Gasteiger partial charge in [0.1, 0.15) is 0 Å². The molecule has 1 nitrogen and oxygen atoms in total. The molecule has 0 aliphatic carbocycles. The maximum Gasteiger partial charge on any atom is 0.0150 e. The molecule has 0 rings (SSSR count). The molecule has 0 N–H and O–H groups in total. The zero-order chi connectivity index (χ0) is 11.4. The van der Waals surface area contributed by atoms with E-state index in [9.17, 15) is 0 Å². The second-order valence-corrected chi connectivity index (χ2v) is 5.70. The highest BCUT2D eigenvalue weighted by Crippen LogP contribution is 2.27. The van der Waals surface area contributed by atoms with Crippen molar-refractivity contribution in [3.63, 3.8) is 0 Å². The Balaban J connectivity index is 4.44. The molecule has 1 heteroatoms. The first-order chi connectivity index (χ1) is 6.29. The van der Waals surface area contributed by atoms with Crippen LogP contribution in [0.2, 0.25) is 0 Å². The predicted molar refractivity (Wildman–Crippen MR) is 65.7 cm³/mol. The van der Waals surface area contributed by atoms with Crippen LogP contribution in [0.15, 0.2) is 0 Å². The lowest BCUT2D eigenvalue weighted by Gasteiger charge is -2.42. The van der Waals surface area contributed by atoms with E-state index in [-0.39, 0.29) is 0 Å². The molecular weight excluding hydrogens is 170 g/mol. The van der Waals surface area contributed by atoms with Crippen molar-refractivity contribution in [1.29, 1.82) is 0 Å². The Morgan fingerprint density at radius 3 is 1.64 bits per heavy atom. The summed E-state index contributed by atoms with van der Waals surface area (Å²) in [6.07, 6.45) is 2.48. The fraction of sp³-hybridized carbons (Fsp3) is 1.00. The van der Waals surface area contributed by atoms with Gasteiger partial charge in [-0.3, -0.25) is 4.90 Å². The lowest BCUT2D eigenvalue weighted by Crippen LogP contribution is -2.47. The summed E-state index contributed by atoms with van der Waals surface area (Å²) < 4.78 is 0. The number of rotatable bonds is 6. The van der Waals surface area contributed by atoms with Crippen molar-refractivity contribution in [3.8, 4) is 0 Å². The van der Waals surface area contributed by atoms with Gasteiger partial charge in [0.25, 0.3) is 0 Å². The molecule has 0 aliphatic heterocycles. The lowest BCUT2D eigenvalue weighted by atomic mass is 9.87. The van der Waals surface area contributed by atoms with Crippen molar-refractivity contribution in [2.45, 2.75) is 66.8 Å². The molecule has 14 heavy (non-hydrogen) atoms. The SMILES string of the molecule is CCN(CC(C)(C)CC)C(C)(C)CC. The molecule has 0 bridgehead atoms. The first kappa shape index (κ1) is 14.0. The third-order valence-corrected chi connectivity index (χ3v) is 3.68. The summed E-state index contributed by atoms with van der Waals surface area (Å²) in [4.78, 5) is 2.61. The monoisotopic (exact) mass is 199 g/mol. The van der Waals surface area contributed by atoms with Crippen LogP contribution in [-0.2, 0) is 0 Å². The van der Waals surface area contributed by atoms with Crippen molar-refractivity contribution >= 4 is 0 Å². The van der Waals surface area contributed by atoms with Gasteiger partial charge in [0.2, 0.25) is 0 Å². The van der Waals surface area contributed by atoms with E-state index >= 15 is 0 Å². The fourth-order valence-electron chi connectivity index (χ4n) is 1.61. The maximum atomic E-state index is 2.61. The fourth-order valence-corrected chi connectivity index (χ4v) is 1.61. The Morgan fingerprint density at radius 2 is 1.36 bits per heavy atom. The molecule has 0 aromatic rings. The molecule has 0 aromatic carbocycles. The van der Waals surface area contributed by atoms with Crippen LogP contribution in [0.5, 0.6) is 0 Å². The Hall–Kier alpha value is -0.0400. The molecule has 0 atom stereocenters. The topological polar surface area (TPSA) is 3.24 Å². The van der Waals surface area contributed by atoms with Crippen molar-refractivity contribution < 1.29 is 0 Å². The Bertz CT molecular complexity index is 159. The summed E-state index contributed by atoms with van der Waals surface area (Å²) in [5, 5.41) is 0. The minimum absolute atomic E-state index is 0.348. The maximum absolute atomic E-state index is 2.61. The molecule has 86 valence electrons. The van der Waals surface area contributed by atoms with Crippen molar-refractivity contribution in [2.75, 3.05) is 13.1 Å². The highest BCUT2D eigenvalue weighted by Gasteiger charge is 2.28. The zero-order valence-electron chi connectivity index (χ0n) is 11.3. The summed E-state index contributed by atoms with van der Waals surface area (Å²) >= 11 is 0. The van der Waals surface area contributed by atoms with Gasteiger partial charge in [-0.15, -0.1) is 0 Å². The van der Waals surface area contributed by atoms with Gasteiger partial charge in [0.05, 0.1) is 0 Å². The largest absolute Gasteiger partial charge is 0.298 e. The second kappa shape index (κ2) is 5.16. The average Bonchev–Trinajstić information content (AvgIpc) is 2.14. The normalized spacial score (nSPS) is 13.7. The van der Waals surface area contributed by atoms with E-state index in [1.807, 2.05) is 0 Å². The van der Waals surface area contributed by atoms with Crippen molar-refractivity contribution in [2.24, 2.45) is 5.41 Å². The molecular formula is C13H29N. The molecule has 0 aliphatic rings. The first-order valence-electron chi connectivity index (χ1n) is 6.04. The minimum atomic E-state index is 0.348. The molecule has 0 radical (unpaired) electrons. The highest BCUT2D eigenvalue weighted by molar-refractivity contribution is 4.83. The number of hydrogen-bond acceptors (Lipinski definition) is 1. The Morgan fingerprint density at radius 1 is 0.857 bits per heavy atom. The van der Waals surface area contributed by atoms with E-state index < -0.39 is 0 Å². The molecule has 0 unspecified atom stereocenters. The van der Waals surface area contributed by atoms with Gasteiger partial charge < -0.3 is 0 Å². The quantitative estimate of drug-likeness (QED) is 0.626. The van der Waals surface area contributed by atoms with Crippen molar-refractivity contribution in [3.05, 3.63) is 0 Å². The van der Waals surface area contributed by atoms with Crippen LogP contribution in [0.1, 0.15) is 61.3 Å². The zero-order valence-corrected chi connectivity index (χ0v) is 11.3. The van der Waals surface area contributed by atoms with Crippen LogP contribution >= 0.6 is 0 Å². The molecule has 0 fully saturated rings. The van der Waals surface area contributed by atoms with Crippen molar-refractivity contribution in [1.82, 2.24) is 4.90 Å². The summed E-state index contributed by atoms with van der Waals surface area (Å²) in [6.45, 7) is 18.6. The molecule has 0 heterocycles. The van der Waals surface area contributed by atoms with Gasteiger partial charge >= 0.3 is 0 Å². The van der Waals surface area contributed by atoms with Crippen LogP contribution in [0, 0.1) is 5.41 Å². The molecule has 0 spiro atoms. The summed E-state index contributed by atoms with van der Waals surface area (Å²) in [5.74, 6) is 0. The third-order valence-electron chi connectivity index (χ3n) is 3.68. The van der Waals surface area contributed by atoms with Crippen LogP contribution in [-0.4, -0.2) is 23.5 Å². The standard InChI is InChI=1S/C13H29N/c1-8-12(4,5)11-14(10-3)13(6,7)9-2/h8-11H2,1-7H3. The summed E-state index contributed by atoms with van der Waals surface area (Å²) in [7, 11) is 0. The second-order valence-electron chi connectivity index (χ2n) is 5.70. The molecule has 0 saturated heterocycles. The third kappa shape index (κ3) is 4.00. The van der Waals surface area contributed by atoms with E-state index in [4.69, 9.17) is 0 Å². The van der Waals surface area contributed by atoms with Gasteiger partial charge in [-0.05, 0) is 38.6 Å². The van der Waals surface area contributed by atoms with Crippen LogP contribution in [0.4, 0.5) is 0 Å². The van der Waals surface area contributed by atoms with Crippen LogP contribution in [0.25, 0.3) is 0 Å². The first-order valence-corrected chi connectivity index (χ1v) is 6.04. The van der Waals surface area contributed by atoms with E-state index in [1.54, 1.807) is 0 Å². The van der Waals surface area contributed by atoms with Gasteiger partial charge in [-0.25, -0.2) is 0 Å². The predicted octanol–water partition coefficient (Wildman–Crippen LogP) is 3.93. The van der Waals surface area contributed by atoms with Gasteiger partial charge in [-0.2, -0.15) is 0 Å². The van der Waals surface area contributed by atoms with E-state index in [2.05, 4.69) is 53.4 Å². The number of hydrogen-bond donors (Lipinski definition) is 0. The van der Waals surface area contributed by atoms with E-state index in [1.165, 1.54) is 19.4 Å². The lowest BCUT2D eigenvalue weighted by molar-refractivity contribution is 0.0734. The molecule has 0 saturated carbocycles. The van der Waals surface area contributed by atoms with E-state index in [0.717, 1.165) is 6.54 Å². The highest BCUT2D eigenvalue weighted by atomic mass is 15.2. The smallest absolute Gasteiger partial charge is 0.0150 e. The summed E-state index contributed by atoms with van der Waals surface area (Å²) in [6, 6.07) is 0. The summed E-state index contributed by atoms with van der Waals surface area (Å²) in [5.41, 5.74) is 0.795. The van der Waals surface area contributed by atoms with Crippen LogP contribution in [0.3, 0.4) is 0 Å². The number of nitrogens with zero attached hydrogens (tertiary/aromatic N) is 1. The van der Waals surface area contributed by atoms with E-state index in [0.29, 0.717) is 11.0 Å². The van der Waals surface area contributed by atoms with Gasteiger partial charge in [0.15, 0.2) is 0 Å². The average molecular weight is 199 g/mol.